The zero-order valence-corrected chi connectivity index (χ0v) is 17.2. The highest BCUT2D eigenvalue weighted by molar-refractivity contribution is 5.86. The van der Waals surface area contributed by atoms with Crippen LogP contribution >= 0.6 is 0 Å². The van der Waals surface area contributed by atoms with Gasteiger partial charge in [0.15, 0.2) is 0 Å². The highest BCUT2D eigenvalue weighted by Crippen LogP contribution is 2.39. The number of carboxylic acids is 3. The molecule has 29 heavy (non-hydrogen) atoms. The molecule has 0 aliphatic heterocycles. The average Bonchev–Trinajstić information content (AvgIpc) is 2.67. The van der Waals surface area contributed by atoms with Crippen LogP contribution in [0.5, 0.6) is 0 Å². The number of rotatable bonds is 14. The average molecular weight is 414 g/mol. The predicted molar refractivity (Wildman–Crippen MR) is 104 cm³/mol. The van der Waals surface area contributed by atoms with E-state index in [0.717, 1.165) is 19.3 Å². The SMILES string of the molecule is CCCCCCCCCCCOC(=O)C1CC(C(=O)O)C(C(=O)O)CC1C(=O)O. The van der Waals surface area contributed by atoms with Crippen molar-refractivity contribution in [1.29, 1.82) is 0 Å². The Morgan fingerprint density at radius 2 is 1.03 bits per heavy atom. The van der Waals surface area contributed by atoms with Gasteiger partial charge in [-0.15, -0.1) is 0 Å². The molecule has 0 amide bonds. The van der Waals surface area contributed by atoms with Crippen LogP contribution in [-0.2, 0) is 23.9 Å². The maximum Gasteiger partial charge on any atom is 0.309 e. The molecule has 0 spiro atoms. The van der Waals surface area contributed by atoms with E-state index in [4.69, 9.17) is 4.74 Å². The van der Waals surface area contributed by atoms with E-state index >= 15 is 0 Å². The normalized spacial score (nSPS) is 24.0. The Hall–Kier alpha value is -2.12. The van der Waals surface area contributed by atoms with Gasteiger partial charge in [-0.1, -0.05) is 58.3 Å². The Balaban J connectivity index is 2.43. The van der Waals surface area contributed by atoms with Crippen LogP contribution in [0.15, 0.2) is 0 Å². The van der Waals surface area contributed by atoms with Crippen LogP contribution in [0.3, 0.4) is 0 Å². The first-order valence-electron chi connectivity index (χ1n) is 10.6. The summed E-state index contributed by atoms with van der Waals surface area (Å²) in [6.45, 7) is 2.34. The summed E-state index contributed by atoms with van der Waals surface area (Å²) in [5.41, 5.74) is 0. The molecule has 1 aliphatic rings. The van der Waals surface area contributed by atoms with Gasteiger partial charge >= 0.3 is 23.9 Å². The minimum absolute atomic E-state index is 0.164. The zero-order valence-electron chi connectivity index (χ0n) is 17.2. The predicted octanol–water partition coefficient (Wildman–Crippen LogP) is 3.57. The number of ether oxygens (including phenoxy) is 1. The Morgan fingerprint density at radius 3 is 1.48 bits per heavy atom. The summed E-state index contributed by atoms with van der Waals surface area (Å²) in [4.78, 5) is 46.6. The molecule has 8 heteroatoms. The first kappa shape index (κ1) is 24.9. The van der Waals surface area contributed by atoms with Crippen molar-refractivity contribution in [3.05, 3.63) is 0 Å². The zero-order chi connectivity index (χ0) is 21.8. The lowest BCUT2D eigenvalue weighted by Crippen LogP contribution is -2.45. The second-order valence-electron chi connectivity index (χ2n) is 7.91. The summed E-state index contributed by atoms with van der Waals surface area (Å²) in [7, 11) is 0. The van der Waals surface area contributed by atoms with Gasteiger partial charge in [0.1, 0.15) is 0 Å². The molecule has 0 saturated heterocycles. The van der Waals surface area contributed by atoms with E-state index in [2.05, 4.69) is 6.92 Å². The van der Waals surface area contributed by atoms with Gasteiger partial charge in [-0.25, -0.2) is 0 Å². The van der Waals surface area contributed by atoms with Crippen molar-refractivity contribution < 1.29 is 39.2 Å². The molecule has 1 fully saturated rings. The van der Waals surface area contributed by atoms with Crippen molar-refractivity contribution in [2.24, 2.45) is 23.7 Å². The van der Waals surface area contributed by atoms with Crippen LogP contribution in [0.4, 0.5) is 0 Å². The summed E-state index contributed by atoms with van der Waals surface area (Å²) in [6.07, 6.45) is 9.23. The molecule has 0 bridgehead atoms. The van der Waals surface area contributed by atoms with Gasteiger partial charge in [-0.05, 0) is 19.3 Å². The fourth-order valence-corrected chi connectivity index (χ4v) is 3.98. The van der Waals surface area contributed by atoms with E-state index in [1.807, 2.05) is 0 Å². The summed E-state index contributed by atoms with van der Waals surface area (Å²) in [6, 6.07) is 0. The van der Waals surface area contributed by atoms with E-state index in [9.17, 15) is 34.5 Å². The summed E-state index contributed by atoms with van der Waals surface area (Å²) >= 11 is 0. The summed E-state index contributed by atoms with van der Waals surface area (Å²) in [5.74, 6) is -9.74. The molecule has 4 unspecified atom stereocenters. The van der Waals surface area contributed by atoms with Crippen molar-refractivity contribution in [2.75, 3.05) is 6.61 Å². The van der Waals surface area contributed by atoms with E-state index < -0.39 is 47.5 Å². The van der Waals surface area contributed by atoms with E-state index in [1.165, 1.54) is 32.1 Å². The van der Waals surface area contributed by atoms with Crippen LogP contribution in [0.1, 0.15) is 77.6 Å². The van der Waals surface area contributed by atoms with Crippen LogP contribution in [0.25, 0.3) is 0 Å². The van der Waals surface area contributed by atoms with E-state index in [-0.39, 0.29) is 19.4 Å². The lowest BCUT2D eigenvalue weighted by molar-refractivity contribution is -0.170. The number of carbonyl (C=O) groups excluding carboxylic acids is 1. The van der Waals surface area contributed by atoms with Crippen molar-refractivity contribution in [3.8, 4) is 0 Å². The number of carboxylic acid groups (broad SMARTS) is 3. The fourth-order valence-electron chi connectivity index (χ4n) is 3.98. The van der Waals surface area contributed by atoms with Gasteiger partial charge in [0.2, 0.25) is 0 Å². The van der Waals surface area contributed by atoms with Crippen LogP contribution < -0.4 is 0 Å². The molecule has 8 nitrogen and oxygen atoms in total. The van der Waals surface area contributed by atoms with E-state index in [1.54, 1.807) is 0 Å². The summed E-state index contributed by atoms with van der Waals surface area (Å²) in [5, 5.41) is 27.9. The largest absolute Gasteiger partial charge is 0.481 e. The van der Waals surface area contributed by atoms with Crippen LogP contribution in [-0.4, -0.2) is 45.8 Å². The van der Waals surface area contributed by atoms with Gasteiger partial charge in [-0.2, -0.15) is 0 Å². The molecular weight excluding hydrogens is 380 g/mol. The Bertz CT molecular complexity index is 559. The third kappa shape index (κ3) is 8.41. The number of carbonyl (C=O) groups is 4. The molecule has 166 valence electrons. The fraction of sp³-hybridized carbons (Fsp3) is 0.810. The van der Waals surface area contributed by atoms with Crippen molar-refractivity contribution >= 4 is 23.9 Å². The number of esters is 1. The molecular formula is C21H34O8. The molecule has 1 saturated carbocycles. The molecule has 0 aromatic carbocycles. The molecule has 0 radical (unpaired) electrons. The molecule has 3 N–H and O–H groups in total. The Kier molecular flexibility index (Phi) is 11.3. The number of unbranched alkanes of at least 4 members (excludes halogenated alkanes) is 8. The molecule has 0 aromatic rings. The highest BCUT2D eigenvalue weighted by Gasteiger charge is 2.49. The van der Waals surface area contributed by atoms with Gasteiger partial charge in [0.25, 0.3) is 0 Å². The third-order valence-electron chi connectivity index (χ3n) is 5.73. The van der Waals surface area contributed by atoms with Crippen LogP contribution in [0.2, 0.25) is 0 Å². The number of hydrogen-bond donors (Lipinski definition) is 3. The van der Waals surface area contributed by atoms with Gasteiger partial charge < -0.3 is 20.1 Å². The van der Waals surface area contributed by atoms with Crippen LogP contribution in [0, 0.1) is 23.7 Å². The number of hydrogen-bond acceptors (Lipinski definition) is 5. The topological polar surface area (TPSA) is 138 Å². The maximum atomic E-state index is 12.4. The third-order valence-corrected chi connectivity index (χ3v) is 5.73. The van der Waals surface area contributed by atoms with Gasteiger partial charge in [-0.3, -0.25) is 19.2 Å². The maximum absolute atomic E-state index is 12.4. The van der Waals surface area contributed by atoms with Gasteiger partial charge in [0, 0.05) is 0 Å². The Labute approximate surface area is 171 Å². The smallest absolute Gasteiger partial charge is 0.309 e. The quantitative estimate of drug-likeness (QED) is 0.290. The van der Waals surface area contributed by atoms with Crippen molar-refractivity contribution in [3.63, 3.8) is 0 Å². The minimum Gasteiger partial charge on any atom is -0.481 e. The van der Waals surface area contributed by atoms with Gasteiger partial charge in [0.05, 0.1) is 30.3 Å². The van der Waals surface area contributed by atoms with Crippen molar-refractivity contribution in [1.82, 2.24) is 0 Å². The lowest BCUT2D eigenvalue weighted by Gasteiger charge is -2.34. The second-order valence-corrected chi connectivity index (χ2v) is 7.91. The molecule has 0 aromatic heterocycles. The standard InChI is InChI=1S/C21H34O8/c1-2-3-4-5-6-7-8-9-10-11-29-21(28)17-13-15(19(24)25)14(18(22)23)12-16(17)20(26)27/h14-17H,2-13H2,1H3,(H,22,23)(H,24,25)(H,26,27). The number of aliphatic carboxylic acids is 3. The van der Waals surface area contributed by atoms with E-state index in [0.29, 0.717) is 6.42 Å². The first-order valence-corrected chi connectivity index (χ1v) is 10.6. The molecule has 4 atom stereocenters. The lowest BCUT2D eigenvalue weighted by atomic mass is 9.68. The highest BCUT2D eigenvalue weighted by atomic mass is 16.5. The minimum atomic E-state index is -1.36. The molecule has 1 aliphatic carbocycles. The first-order chi connectivity index (χ1) is 13.8. The Morgan fingerprint density at radius 1 is 0.655 bits per heavy atom. The second kappa shape index (κ2) is 13.2. The summed E-state index contributed by atoms with van der Waals surface area (Å²) < 4.78 is 5.20. The molecule has 0 heterocycles. The monoisotopic (exact) mass is 414 g/mol. The molecule has 1 rings (SSSR count). The van der Waals surface area contributed by atoms with Crippen molar-refractivity contribution in [2.45, 2.75) is 77.6 Å².